The van der Waals surface area contributed by atoms with Crippen molar-refractivity contribution < 1.29 is 17.6 Å². The molecule has 2 aliphatic rings. The van der Waals surface area contributed by atoms with E-state index in [9.17, 15) is 17.6 Å². The number of hydrogen-bond donors (Lipinski definition) is 1. The summed E-state index contributed by atoms with van der Waals surface area (Å²) in [7, 11) is -3.02. The molecule has 1 aromatic rings. The van der Waals surface area contributed by atoms with E-state index in [4.69, 9.17) is 0 Å². The molecular formula is C16H20FNO3S. The molecule has 1 heterocycles. The molecule has 1 saturated heterocycles. The molecule has 120 valence electrons. The van der Waals surface area contributed by atoms with Crippen LogP contribution in [0.4, 0.5) is 4.39 Å². The number of hydrogen-bond acceptors (Lipinski definition) is 3. The van der Waals surface area contributed by atoms with Gasteiger partial charge in [0.1, 0.15) is 5.82 Å². The van der Waals surface area contributed by atoms with E-state index in [1.807, 2.05) is 0 Å². The van der Waals surface area contributed by atoms with E-state index in [0.29, 0.717) is 6.42 Å². The summed E-state index contributed by atoms with van der Waals surface area (Å²) < 4.78 is 36.2. The SMILES string of the molecule is O=C(N[C@H]1CCS(=O)(=O)C1)C1(c2ccc(F)cc2)CCCC1. The van der Waals surface area contributed by atoms with Crippen LogP contribution >= 0.6 is 0 Å². The number of amides is 1. The van der Waals surface area contributed by atoms with Crippen molar-refractivity contribution in [3.05, 3.63) is 35.6 Å². The molecule has 1 saturated carbocycles. The first-order valence-electron chi connectivity index (χ1n) is 7.69. The lowest BCUT2D eigenvalue weighted by Gasteiger charge is -2.29. The van der Waals surface area contributed by atoms with E-state index in [-0.39, 0.29) is 29.3 Å². The average Bonchev–Trinajstić information content (AvgIpc) is 3.07. The van der Waals surface area contributed by atoms with Crippen LogP contribution in [0.1, 0.15) is 37.7 Å². The van der Waals surface area contributed by atoms with Gasteiger partial charge in [-0.15, -0.1) is 0 Å². The average molecular weight is 325 g/mol. The number of carbonyl (C=O) groups excluding carboxylic acids is 1. The summed E-state index contributed by atoms with van der Waals surface area (Å²) in [5.74, 6) is -0.266. The second kappa shape index (κ2) is 5.65. The quantitative estimate of drug-likeness (QED) is 0.924. The number of rotatable bonds is 3. The molecule has 1 aliphatic heterocycles. The maximum atomic E-state index is 13.1. The maximum Gasteiger partial charge on any atom is 0.230 e. The van der Waals surface area contributed by atoms with Gasteiger partial charge in [0.25, 0.3) is 0 Å². The fraction of sp³-hybridized carbons (Fsp3) is 0.562. The predicted octanol–water partition coefficient (Wildman–Crippen LogP) is 1.94. The van der Waals surface area contributed by atoms with Crippen molar-refractivity contribution in [2.24, 2.45) is 0 Å². The minimum Gasteiger partial charge on any atom is -0.352 e. The molecule has 1 amide bonds. The zero-order chi connectivity index (χ0) is 15.8. The van der Waals surface area contributed by atoms with Gasteiger partial charge in [0.2, 0.25) is 5.91 Å². The van der Waals surface area contributed by atoms with E-state index in [0.717, 1.165) is 31.2 Å². The van der Waals surface area contributed by atoms with Gasteiger partial charge in [-0.2, -0.15) is 0 Å². The topological polar surface area (TPSA) is 63.2 Å². The minimum atomic E-state index is -3.02. The van der Waals surface area contributed by atoms with Gasteiger partial charge >= 0.3 is 0 Å². The van der Waals surface area contributed by atoms with Crippen LogP contribution in [0.15, 0.2) is 24.3 Å². The highest BCUT2D eigenvalue weighted by Gasteiger charge is 2.44. The summed E-state index contributed by atoms with van der Waals surface area (Å²) >= 11 is 0. The van der Waals surface area contributed by atoms with Crippen LogP contribution < -0.4 is 5.32 Å². The van der Waals surface area contributed by atoms with Crippen molar-refractivity contribution in [1.82, 2.24) is 5.32 Å². The molecule has 1 atom stereocenters. The van der Waals surface area contributed by atoms with Crippen LogP contribution in [0.2, 0.25) is 0 Å². The summed E-state index contributed by atoms with van der Waals surface area (Å²) in [5.41, 5.74) is 0.185. The summed E-state index contributed by atoms with van der Waals surface area (Å²) in [4.78, 5) is 12.8. The van der Waals surface area contributed by atoms with Gasteiger partial charge in [0.15, 0.2) is 9.84 Å². The van der Waals surface area contributed by atoms with Crippen LogP contribution in [-0.2, 0) is 20.0 Å². The molecule has 0 bridgehead atoms. The first-order valence-corrected chi connectivity index (χ1v) is 9.51. The lowest BCUT2D eigenvalue weighted by molar-refractivity contribution is -0.127. The van der Waals surface area contributed by atoms with E-state index < -0.39 is 15.3 Å². The summed E-state index contributed by atoms with van der Waals surface area (Å²) in [6.07, 6.45) is 3.84. The first kappa shape index (κ1) is 15.5. The number of halogens is 1. The van der Waals surface area contributed by atoms with Crippen molar-refractivity contribution >= 4 is 15.7 Å². The molecule has 1 N–H and O–H groups in total. The van der Waals surface area contributed by atoms with Gasteiger partial charge in [-0.1, -0.05) is 25.0 Å². The van der Waals surface area contributed by atoms with Gasteiger partial charge in [0, 0.05) is 6.04 Å². The second-order valence-corrected chi connectivity index (χ2v) is 8.60. The zero-order valence-electron chi connectivity index (χ0n) is 12.3. The number of sulfone groups is 1. The van der Waals surface area contributed by atoms with Gasteiger partial charge < -0.3 is 5.32 Å². The number of carbonyl (C=O) groups is 1. The molecule has 6 heteroatoms. The standard InChI is InChI=1S/C16H20FNO3S/c17-13-5-3-12(4-6-13)16(8-1-2-9-16)15(19)18-14-7-10-22(20,21)11-14/h3-6,14H,1-2,7-11H2,(H,18,19)/t14-/m0/s1. The van der Waals surface area contributed by atoms with Crippen molar-refractivity contribution in [3.63, 3.8) is 0 Å². The molecular weight excluding hydrogens is 305 g/mol. The van der Waals surface area contributed by atoms with E-state index >= 15 is 0 Å². The third kappa shape index (κ3) is 2.89. The van der Waals surface area contributed by atoms with Crippen LogP contribution in [0, 0.1) is 5.82 Å². The van der Waals surface area contributed by atoms with Crippen molar-refractivity contribution in [2.45, 2.75) is 43.6 Å². The molecule has 22 heavy (non-hydrogen) atoms. The molecule has 0 radical (unpaired) electrons. The molecule has 1 aromatic carbocycles. The third-order valence-electron chi connectivity index (χ3n) is 4.86. The minimum absolute atomic E-state index is 0.0260. The van der Waals surface area contributed by atoms with E-state index in [2.05, 4.69) is 5.32 Å². The van der Waals surface area contributed by atoms with Crippen molar-refractivity contribution in [1.29, 1.82) is 0 Å². The molecule has 2 fully saturated rings. The van der Waals surface area contributed by atoms with Crippen LogP contribution in [0.3, 0.4) is 0 Å². The number of nitrogens with one attached hydrogen (secondary N) is 1. The highest BCUT2D eigenvalue weighted by Crippen LogP contribution is 2.41. The highest BCUT2D eigenvalue weighted by atomic mass is 32.2. The zero-order valence-corrected chi connectivity index (χ0v) is 13.2. The summed E-state index contributed by atoms with van der Waals surface area (Å²) in [6, 6.07) is 5.80. The Kier molecular flexibility index (Phi) is 3.97. The van der Waals surface area contributed by atoms with Crippen LogP contribution in [-0.4, -0.2) is 31.9 Å². The maximum absolute atomic E-state index is 13.1. The third-order valence-corrected chi connectivity index (χ3v) is 6.62. The Labute approximate surface area is 130 Å². The Hall–Kier alpha value is -1.43. The largest absolute Gasteiger partial charge is 0.352 e. The monoisotopic (exact) mass is 325 g/mol. The van der Waals surface area contributed by atoms with Gasteiger partial charge in [-0.25, -0.2) is 12.8 Å². The molecule has 0 spiro atoms. The van der Waals surface area contributed by atoms with Gasteiger partial charge in [-0.3, -0.25) is 4.79 Å². The van der Waals surface area contributed by atoms with Crippen LogP contribution in [0.5, 0.6) is 0 Å². The Morgan fingerprint density at radius 1 is 1.18 bits per heavy atom. The highest BCUT2D eigenvalue weighted by molar-refractivity contribution is 7.91. The van der Waals surface area contributed by atoms with Crippen LogP contribution in [0.25, 0.3) is 0 Å². The molecule has 4 nitrogen and oxygen atoms in total. The summed E-state index contributed by atoms with van der Waals surface area (Å²) in [6.45, 7) is 0. The number of benzene rings is 1. The Bertz CT molecular complexity index is 663. The molecule has 0 unspecified atom stereocenters. The second-order valence-electron chi connectivity index (χ2n) is 6.37. The fourth-order valence-electron chi connectivity index (χ4n) is 3.63. The van der Waals surface area contributed by atoms with Gasteiger partial charge in [0.05, 0.1) is 16.9 Å². The lowest BCUT2D eigenvalue weighted by atomic mass is 9.78. The molecule has 0 aromatic heterocycles. The van der Waals surface area contributed by atoms with E-state index in [1.54, 1.807) is 12.1 Å². The van der Waals surface area contributed by atoms with Gasteiger partial charge in [-0.05, 0) is 37.0 Å². The Morgan fingerprint density at radius 3 is 2.36 bits per heavy atom. The Morgan fingerprint density at radius 2 is 1.82 bits per heavy atom. The molecule has 3 rings (SSSR count). The smallest absolute Gasteiger partial charge is 0.230 e. The Balaban J connectivity index is 1.81. The van der Waals surface area contributed by atoms with Crippen molar-refractivity contribution in [2.75, 3.05) is 11.5 Å². The lowest BCUT2D eigenvalue weighted by Crippen LogP contribution is -2.47. The first-order chi connectivity index (χ1) is 10.4. The summed E-state index contributed by atoms with van der Waals surface area (Å²) in [5, 5.41) is 2.92. The van der Waals surface area contributed by atoms with E-state index in [1.165, 1.54) is 12.1 Å². The van der Waals surface area contributed by atoms with Crippen molar-refractivity contribution in [3.8, 4) is 0 Å². The predicted molar refractivity (Wildman–Crippen MR) is 81.7 cm³/mol. The molecule has 1 aliphatic carbocycles. The fourth-order valence-corrected chi connectivity index (χ4v) is 5.30. The normalized spacial score (nSPS) is 26.0.